The number of benzene rings is 1. The molecule has 0 spiro atoms. The van der Waals surface area contributed by atoms with Crippen LogP contribution in [0, 0.1) is 0 Å². The lowest BCUT2D eigenvalue weighted by Crippen LogP contribution is -2.16. The van der Waals surface area contributed by atoms with Gasteiger partial charge in [-0.3, -0.25) is 9.78 Å². The summed E-state index contributed by atoms with van der Waals surface area (Å²) in [6.45, 7) is 0.800. The van der Waals surface area contributed by atoms with Crippen molar-refractivity contribution in [2.45, 2.75) is 6.54 Å². The molecule has 0 atom stereocenters. The summed E-state index contributed by atoms with van der Waals surface area (Å²) in [6.07, 6.45) is 4.48. The lowest BCUT2D eigenvalue weighted by atomic mass is 10.2. The first-order valence-corrected chi connectivity index (χ1v) is 5.45. The highest BCUT2D eigenvalue weighted by Crippen LogP contribution is 2.15. The molecular formula is C14H14N2O. The molecule has 17 heavy (non-hydrogen) atoms. The normalized spacial score (nSPS) is 9.94. The van der Waals surface area contributed by atoms with Crippen molar-refractivity contribution in [1.82, 2.24) is 4.98 Å². The number of hydrogen-bond acceptors (Lipinski definition) is 3. The minimum absolute atomic E-state index is 0.698. The van der Waals surface area contributed by atoms with E-state index in [4.69, 9.17) is 0 Å². The summed E-state index contributed by atoms with van der Waals surface area (Å²) in [5.41, 5.74) is 2.94. The number of hydrogen-bond donors (Lipinski definition) is 0. The van der Waals surface area contributed by atoms with Gasteiger partial charge < -0.3 is 4.90 Å². The fourth-order valence-electron chi connectivity index (χ4n) is 1.66. The van der Waals surface area contributed by atoms with Gasteiger partial charge in [0.2, 0.25) is 0 Å². The molecule has 0 aliphatic rings. The minimum Gasteiger partial charge on any atom is -0.370 e. The Morgan fingerprint density at radius 3 is 2.59 bits per heavy atom. The highest BCUT2D eigenvalue weighted by Gasteiger charge is 2.01. The van der Waals surface area contributed by atoms with Crippen molar-refractivity contribution in [3.63, 3.8) is 0 Å². The Bertz CT molecular complexity index is 479. The molecular weight excluding hydrogens is 212 g/mol. The topological polar surface area (TPSA) is 33.2 Å². The molecule has 0 saturated heterocycles. The van der Waals surface area contributed by atoms with Crippen molar-refractivity contribution in [3.8, 4) is 0 Å². The monoisotopic (exact) mass is 226 g/mol. The molecule has 0 unspecified atom stereocenters. The van der Waals surface area contributed by atoms with Crippen LogP contribution in [0.1, 0.15) is 15.9 Å². The second-order valence-corrected chi connectivity index (χ2v) is 3.93. The highest BCUT2D eigenvalue weighted by atomic mass is 16.1. The predicted octanol–water partition coefficient (Wildman–Crippen LogP) is 2.53. The van der Waals surface area contributed by atoms with Crippen LogP contribution in [-0.4, -0.2) is 18.3 Å². The largest absolute Gasteiger partial charge is 0.370 e. The summed E-state index contributed by atoms with van der Waals surface area (Å²) < 4.78 is 0. The first-order chi connectivity index (χ1) is 8.29. The Balaban J connectivity index is 2.09. The summed E-state index contributed by atoms with van der Waals surface area (Å²) in [6, 6.07) is 11.5. The molecule has 0 radical (unpaired) electrons. The van der Waals surface area contributed by atoms with Gasteiger partial charge in [-0.2, -0.15) is 0 Å². The quantitative estimate of drug-likeness (QED) is 0.751. The zero-order valence-corrected chi connectivity index (χ0v) is 9.71. The van der Waals surface area contributed by atoms with Gasteiger partial charge in [-0.1, -0.05) is 6.07 Å². The van der Waals surface area contributed by atoms with E-state index in [2.05, 4.69) is 9.88 Å². The van der Waals surface area contributed by atoms with E-state index in [0.29, 0.717) is 5.56 Å². The molecule has 0 amide bonds. The SMILES string of the molecule is CN(Cc1cccnc1)c1ccc(C=O)cc1. The Morgan fingerprint density at radius 2 is 2.00 bits per heavy atom. The number of rotatable bonds is 4. The zero-order valence-electron chi connectivity index (χ0n) is 9.71. The maximum atomic E-state index is 10.6. The van der Waals surface area contributed by atoms with Gasteiger partial charge in [-0.05, 0) is 35.9 Å². The third kappa shape index (κ3) is 2.91. The van der Waals surface area contributed by atoms with Gasteiger partial charge in [0, 0.05) is 37.2 Å². The fraction of sp³-hybridized carbons (Fsp3) is 0.143. The van der Waals surface area contributed by atoms with Gasteiger partial charge in [0.15, 0.2) is 0 Å². The number of anilines is 1. The maximum absolute atomic E-state index is 10.6. The van der Waals surface area contributed by atoms with E-state index in [1.54, 1.807) is 6.20 Å². The van der Waals surface area contributed by atoms with Gasteiger partial charge in [-0.25, -0.2) is 0 Å². The number of nitrogens with zero attached hydrogens (tertiary/aromatic N) is 2. The molecule has 0 aliphatic heterocycles. The van der Waals surface area contributed by atoms with E-state index >= 15 is 0 Å². The van der Waals surface area contributed by atoms with Gasteiger partial charge >= 0.3 is 0 Å². The molecule has 0 N–H and O–H groups in total. The standard InChI is InChI=1S/C14H14N2O/c1-16(10-13-3-2-8-15-9-13)14-6-4-12(11-17)5-7-14/h2-9,11H,10H2,1H3. The van der Waals surface area contributed by atoms with Gasteiger partial charge in [0.05, 0.1) is 0 Å². The molecule has 0 bridgehead atoms. The Labute approximate surface area is 101 Å². The number of carbonyl (C=O) groups is 1. The van der Waals surface area contributed by atoms with E-state index in [-0.39, 0.29) is 0 Å². The van der Waals surface area contributed by atoms with Gasteiger partial charge in [-0.15, -0.1) is 0 Å². The van der Waals surface area contributed by atoms with Gasteiger partial charge in [0.1, 0.15) is 6.29 Å². The summed E-state index contributed by atoms with van der Waals surface area (Å²) in [5, 5.41) is 0. The second kappa shape index (κ2) is 5.25. The summed E-state index contributed by atoms with van der Waals surface area (Å²) in [5.74, 6) is 0. The third-order valence-corrected chi connectivity index (χ3v) is 2.61. The molecule has 2 aromatic rings. The first kappa shape index (κ1) is 11.3. The Hall–Kier alpha value is -2.16. The average Bonchev–Trinajstić information content (AvgIpc) is 2.40. The number of carbonyl (C=O) groups excluding carboxylic acids is 1. The van der Waals surface area contributed by atoms with E-state index in [1.807, 2.05) is 49.6 Å². The molecule has 0 saturated carbocycles. The van der Waals surface area contributed by atoms with Crippen LogP contribution >= 0.6 is 0 Å². The highest BCUT2D eigenvalue weighted by molar-refractivity contribution is 5.75. The van der Waals surface area contributed by atoms with Crippen LogP contribution in [0.15, 0.2) is 48.8 Å². The molecule has 1 heterocycles. The lowest BCUT2D eigenvalue weighted by molar-refractivity contribution is 0.112. The Morgan fingerprint density at radius 1 is 1.24 bits per heavy atom. The van der Waals surface area contributed by atoms with Crippen molar-refractivity contribution < 1.29 is 4.79 Å². The maximum Gasteiger partial charge on any atom is 0.150 e. The predicted molar refractivity (Wildman–Crippen MR) is 68.2 cm³/mol. The molecule has 1 aromatic heterocycles. The van der Waals surface area contributed by atoms with Crippen LogP contribution < -0.4 is 4.90 Å². The van der Waals surface area contributed by atoms with Crippen LogP contribution in [-0.2, 0) is 6.54 Å². The van der Waals surface area contributed by atoms with E-state index in [9.17, 15) is 4.79 Å². The molecule has 0 aliphatic carbocycles. The fourth-order valence-corrected chi connectivity index (χ4v) is 1.66. The average molecular weight is 226 g/mol. The lowest BCUT2D eigenvalue weighted by Gasteiger charge is -2.19. The molecule has 0 fully saturated rings. The van der Waals surface area contributed by atoms with Crippen molar-refractivity contribution >= 4 is 12.0 Å². The summed E-state index contributed by atoms with van der Waals surface area (Å²) in [4.78, 5) is 16.8. The van der Waals surface area contributed by atoms with E-state index in [0.717, 1.165) is 24.1 Å². The summed E-state index contributed by atoms with van der Waals surface area (Å²) >= 11 is 0. The van der Waals surface area contributed by atoms with Crippen molar-refractivity contribution in [1.29, 1.82) is 0 Å². The molecule has 3 nitrogen and oxygen atoms in total. The van der Waals surface area contributed by atoms with Crippen LogP contribution in [0.5, 0.6) is 0 Å². The van der Waals surface area contributed by atoms with Crippen LogP contribution in [0.25, 0.3) is 0 Å². The van der Waals surface area contributed by atoms with Crippen LogP contribution in [0.2, 0.25) is 0 Å². The first-order valence-electron chi connectivity index (χ1n) is 5.45. The van der Waals surface area contributed by atoms with Gasteiger partial charge in [0.25, 0.3) is 0 Å². The second-order valence-electron chi connectivity index (χ2n) is 3.93. The zero-order chi connectivity index (χ0) is 12.1. The number of aromatic nitrogens is 1. The molecule has 86 valence electrons. The van der Waals surface area contributed by atoms with Crippen LogP contribution in [0.4, 0.5) is 5.69 Å². The number of pyridine rings is 1. The van der Waals surface area contributed by atoms with Crippen molar-refractivity contribution in [2.75, 3.05) is 11.9 Å². The number of aldehydes is 1. The van der Waals surface area contributed by atoms with Crippen LogP contribution in [0.3, 0.4) is 0 Å². The van der Waals surface area contributed by atoms with Crippen molar-refractivity contribution in [2.24, 2.45) is 0 Å². The molecule has 1 aromatic carbocycles. The van der Waals surface area contributed by atoms with E-state index in [1.165, 1.54) is 0 Å². The van der Waals surface area contributed by atoms with Crippen molar-refractivity contribution in [3.05, 3.63) is 59.9 Å². The smallest absolute Gasteiger partial charge is 0.150 e. The third-order valence-electron chi connectivity index (χ3n) is 2.61. The molecule has 2 rings (SSSR count). The minimum atomic E-state index is 0.698. The van der Waals surface area contributed by atoms with E-state index < -0.39 is 0 Å². The molecule has 3 heteroatoms. The summed E-state index contributed by atoms with van der Waals surface area (Å²) in [7, 11) is 2.02. The Kier molecular flexibility index (Phi) is 3.50.